The molecule has 0 amide bonds. The van der Waals surface area contributed by atoms with Gasteiger partial charge in [-0.2, -0.15) is 0 Å². The lowest BCUT2D eigenvalue weighted by atomic mass is 9.99. The lowest BCUT2D eigenvalue weighted by Crippen LogP contribution is -2.27. The molecular formula is C7H6Br2F2. The second-order valence-electron chi connectivity index (χ2n) is 2.32. The molecule has 0 fully saturated rings. The molecule has 1 atom stereocenters. The number of hydrogen-bond donors (Lipinski definition) is 0. The highest BCUT2D eigenvalue weighted by Crippen LogP contribution is 2.35. The van der Waals surface area contributed by atoms with Crippen LogP contribution in [0.15, 0.2) is 22.7 Å². The summed E-state index contributed by atoms with van der Waals surface area (Å²) in [6, 6.07) is 0. The highest BCUT2D eigenvalue weighted by molar-refractivity contribution is 9.11. The maximum absolute atomic E-state index is 12.9. The molecule has 0 aromatic carbocycles. The Balaban J connectivity index is 2.84. The molecule has 1 aliphatic rings. The summed E-state index contributed by atoms with van der Waals surface area (Å²) >= 11 is 6.03. The largest absolute Gasteiger partial charge is 0.274 e. The van der Waals surface area contributed by atoms with Gasteiger partial charge in [0.1, 0.15) is 0 Å². The van der Waals surface area contributed by atoms with Crippen molar-refractivity contribution in [1.82, 2.24) is 0 Å². The quantitative estimate of drug-likeness (QED) is 0.648. The molecule has 0 saturated carbocycles. The molecule has 4 heteroatoms. The molecule has 1 aliphatic carbocycles. The van der Waals surface area contributed by atoms with Crippen molar-refractivity contribution < 1.29 is 8.78 Å². The predicted molar refractivity (Wildman–Crippen MR) is 48.4 cm³/mol. The topological polar surface area (TPSA) is 0 Å². The van der Waals surface area contributed by atoms with Crippen LogP contribution in [0.3, 0.4) is 0 Å². The van der Waals surface area contributed by atoms with Crippen LogP contribution >= 0.6 is 31.9 Å². The first-order valence-corrected chi connectivity index (χ1v) is 4.98. The summed E-state index contributed by atoms with van der Waals surface area (Å²) < 4.78 is 26.3. The Bertz CT molecular complexity index is 208. The van der Waals surface area contributed by atoms with E-state index in [0.29, 0.717) is 4.48 Å². The SMILES string of the molecule is FC1(F)C=C(Br)C=CC1CBr. The minimum Gasteiger partial charge on any atom is -0.201 e. The molecule has 1 unspecified atom stereocenters. The maximum atomic E-state index is 12.9. The van der Waals surface area contributed by atoms with Gasteiger partial charge in [-0.25, -0.2) is 8.78 Å². The van der Waals surface area contributed by atoms with Gasteiger partial charge in [0.15, 0.2) is 0 Å². The Morgan fingerprint density at radius 3 is 2.64 bits per heavy atom. The van der Waals surface area contributed by atoms with Crippen LogP contribution < -0.4 is 0 Å². The van der Waals surface area contributed by atoms with Crippen LogP contribution in [0.4, 0.5) is 8.78 Å². The first kappa shape index (κ1) is 9.39. The van der Waals surface area contributed by atoms with Crippen LogP contribution in [0.2, 0.25) is 0 Å². The van der Waals surface area contributed by atoms with Crippen LogP contribution in [0.1, 0.15) is 0 Å². The first-order valence-electron chi connectivity index (χ1n) is 3.06. The van der Waals surface area contributed by atoms with Gasteiger partial charge in [-0.3, -0.25) is 0 Å². The molecule has 0 aromatic rings. The van der Waals surface area contributed by atoms with E-state index in [1.165, 1.54) is 6.08 Å². The summed E-state index contributed by atoms with van der Waals surface area (Å²) in [7, 11) is 0. The van der Waals surface area contributed by atoms with E-state index < -0.39 is 11.8 Å². The molecular weight excluding hydrogens is 282 g/mol. The standard InChI is InChI=1S/C7H6Br2F2/c8-4-5-1-2-6(9)3-7(5,10)11/h1-3,5H,4H2. The minimum absolute atomic E-state index is 0.285. The first-order chi connectivity index (χ1) is 5.06. The van der Waals surface area contributed by atoms with Gasteiger partial charge in [0.25, 0.3) is 5.92 Å². The normalized spacial score (nSPS) is 28.4. The van der Waals surface area contributed by atoms with Crippen molar-refractivity contribution >= 4 is 31.9 Å². The summed E-state index contributed by atoms with van der Waals surface area (Å²) in [6.45, 7) is 0. The van der Waals surface area contributed by atoms with Gasteiger partial charge in [0.05, 0.1) is 5.92 Å². The molecule has 0 aliphatic heterocycles. The fraction of sp³-hybridized carbons (Fsp3) is 0.429. The third-order valence-corrected chi connectivity index (χ3v) is 2.67. The summed E-state index contributed by atoms with van der Waals surface area (Å²) in [5.74, 6) is -3.44. The highest BCUT2D eigenvalue weighted by atomic mass is 79.9. The highest BCUT2D eigenvalue weighted by Gasteiger charge is 2.36. The van der Waals surface area contributed by atoms with E-state index in [2.05, 4.69) is 31.9 Å². The van der Waals surface area contributed by atoms with Crippen molar-refractivity contribution in [2.45, 2.75) is 5.92 Å². The molecule has 62 valence electrons. The van der Waals surface area contributed by atoms with E-state index in [0.717, 1.165) is 6.08 Å². The number of rotatable bonds is 1. The maximum Gasteiger partial charge on any atom is 0.274 e. The van der Waals surface area contributed by atoms with E-state index in [9.17, 15) is 8.78 Å². The molecule has 0 spiro atoms. The Kier molecular flexibility index (Phi) is 2.86. The predicted octanol–water partition coefficient (Wildman–Crippen LogP) is 3.48. The molecule has 0 aromatic heterocycles. The average Bonchev–Trinajstić information content (AvgIpc) is 1.85. The van der Waals surface area contributed by atoms with Crippen LogP contribution in [0.25, 0.3) is 0 Å². The Hall–Kier alpha value is 0.300. The van der Waals surface area contributed by atoms with Crippen molar-refractivity contribution in [3.8, 4) is 0 Å². The van der Waals surface area contributed by atoms with Gasteiger partial charge in [0, 0.05) is 9.81 Å². The number of halogens is 4. The smallest absolute Gasteiger partial charge is 0.201 e. The summed E-state index contributed by atoms with van der Waals surface area (Å²) in [5.41, 5.74) is 0. The molecule has 0 saturated heterocycles. The zero-order valence-electron chi connectivity index (χ0n) is 5.53. The Morgan fingerprint density at radius 1 is 1.55 bits per heavy atom. The molecule has 0 heterocycles. The van der Waals surface area contributed by atoms with Crippen molar-refractivity contribution in [3.63, 3.8) is 0 Å². The van der Waals surface area contributed by atoms with Gasteiger partial charge < -0.3 is 0 Å². The average molecular weight is 288 g/mol. The van der Waals surface area contributed by atoms with Crippen molar-refractivity contribution in [1.29, 1.82) is 0 Å². The second kappa shape index (κ2) is 3.35. The fourth-order valence-corrected chi connectivity index (χ4v) is 1.93. The van der Waals surface area contributed by atoms with Gasteiger partial charge in [0.2, 0.25) is 0 Å². The van der Waals surface area contributed by atoms with E-state index in [4.69, 9.17) is 0 Å². The van der Waals surface area contributed by atoms with Crippen molar-refractivity contribution in [2.24, 2.45) is 5.92 Å². The lowest BCUT2D eigenvalue weighted by molar-refractivity contribution is 0.0184. The minimum atomic E-state index is -2.73. The zero-order valence-corrected chi connectivity index (χ0v) is 8.70. The van der Waals surface area contributed by atoms with E-state index in [-0.39, 0.29) is 5.33 Å². The molecule has 0 nitrogen and oxygen atoms in total. The van der Waals surface area contributed by atoms with E-state index in [1.54, 1.807) is 6.08 Å². The second-order valence-corrected chi connectivity index (χ2v) is 3.89. The van der Waals surface area contributed by atoms with Gasteiger partial charge >= 0.3 is 0 Å². The number of allylic oxidation sites excluding steroid dienone is 4. The van der Waals surface area contributed by atoms with Crippen molar-refractivity contribution in [3.05, 3.63) is 22.7 Å². The molecule has 0 N–H and O–H groups in total. The molecule has 0 radical (unpaired) electrons. The van der Waals surface area contributed by atoms with Crippen molar-refractivity contribution in [2.75, 3.05) is 5.33 Å². The number of hydrogen-bond acceptors (Lipinski definition) is 0. The van der Waals surface area contributed by atoms with Crippen LogP contribution in [-0.4, -0.2) is 11.3 Å². The zero-order chi connectivity index (χ0) is 8.48. The molecule has 1 rings (SSSR count). The van der Waals surface area contributed by atoms with Crippen LogP contribution in [0.5, 0.6) is 0 Å². The third kappa shape index (κ3) is 2.12. The van der Waals surface area contributed by atoms with E-state index >= 15 is 0 Å². The fourth-order valence-electron chi connectivity index (χ4n) is 0.830. The van der Waals surface area contributed by atoms with Gasteiger partial charge in [-0.05, 0) is 6.08 Å². The van der Waals surface area contributed by atoms with Crippen LogP contribution in [-0.2, 0) is 0 Å². The molecule has 0 bridgehead atoms. The van der Waals surface area contributed by atoms with Gasteiger partial charge in [-0.1, -0.05) is 44.0 Å². The summed E-state index contributed by atoms with van der Waals surface area (Å²) in [6.07, 6.45) is 4.07. The van der Waals surface area contributed by atoms with E-state index in [1.807, 2.05) is 0 Å². The molecule has 11 heavy (non-hydrogen) atoms. The third-order valence-electron chi connectivity index (χ3n) is 1.48. The monoisotopic (exact) mass is 286 g/mol. The Morgan fingerprint density at radius 2 is 2.18 bits per heavy atom. The summed E-state index contributed by atoms with van der Waals surface area (Å²) in [5, 5.41) is 0.285. The summed E-state index contributed by atoms with van der Waals surface area (Å²) in [4.78, 5) is 0. The number of alkyl halides is 3. The van der Waals surface area contributed by atoms with Gasteiger partial charge in [-0.15, -0.1) is 0 Å². The lowest BCUT2D eigenvalue weighted by Gasteiger charge is -2.22. The van der Waals surface area contributed by atoms with Crippen LogP contribution in [0, 0.1) is 5.92 Å². The Labute approximate surface area is 80.6 Å².